The van der Waals surface area contributed by atoms with E-state index >= 15 is 0 Å². The number of aromatic nitrogens is 1. The quantitative estimate of drug-likeness (QED) is 0.356. The van der Waals surface area contributed by atoms with Crippen molar-refractivity contribution in [1.29, 1.82) is 0 Å². The van der Waals surface area contributed by atoms with Crippen LogP contribution in [-0.2, 0) is 16.1 Å². The lowest BCUT2D eigenvalue weighted by atomic mass is 9.95. The van der Waals surface area contributed by atoms with Gasteiger partial charge in [-0.15, -0.1) is 0 Å². The van der Waals surface area contributed by atoms with Gasteiger partial charge >= 0.3 is 0 Å². The van der Waals surface area contributed by atoms with Crippen LogP contribution >= 0.6 is 11.6 Å². The molecule has 1 aromatic heterocycles. The summed E-state index contributed by atoms with van der Waals surface area (Å²) >= 11 is 6.06. The number of ether oxygens (including phenoxy) is 2. The molecule has 33 heavy (non-hydrogen) atoms. The summed E-state index contributed by atoms with van der Waals surface area (Å²) in [4.78, 5) is 31.8. The van der Waals surface area contributed by atoms with Crippen molar-refractivity contribution in [3.63, 3.8) is 0 Å². The largest absolute Gasteiger partial charge is 0.507 e. The van der Waals surface area contributed by atoms with Crippen molar-refractivity contribution in [3.8, 4) is 11.5 Å². The number of benzene rings is 2. The van der Waals surface area contributed by atoms with Crippen molar-refractivity contribution >= 4 is 29.1 Å². The van der Waals surface area contributed by atoms with Crippen LogP contribution in [0.25, 0.3) is 5.76 Å². The molecule has 3 heterocycles. The Balaban J connectivity index is 1.63. The minimum Gasteiger partial charge on any atom is -0.507 e. The monoisotopic (exact) mass is 462 g/mol. The number of Topliss-reactive ketones (excluding diaryl/α,β-unsaturated/α-hetero) is 1. The lowest BCUT2D eigenvalue weighted by Crippen LogP contribution is -2.29. The van der Waals surface area contributed by atoms with Gasteiger partial charge in [-0.3, -0.25) is 14.6 Å². The summed E-state index contributed by atoms with van der Waals surface area (Å²) in [5.41, 5.74) is 1.78. The second-order valence-corrected chi connectivity index (χ2v) is 8.13. The van der Waals surface area contributed by atoms with Gasteiger partial charge in [0.05, 0.1) is 11.6 Å². The maximum atomic E-state index is 13.2. The van der Waals surface area contributed by atoms with Crippen molar-refractivity contribution in [2.45, 2.75) is 12.6 Å². The first-order valence-corrected chi connectivity index (χ1v) is 10.7. The van der Waals surface area contributed by atoms with Gasteiger partial charge < -0.3 is 19.5 Å². The summed E-state index contributed by atoms with van der Waals surface area (Å²) in [6.45, 7) is 0.982. The molecule has 2 aromatic carbocycles. The van der Waals surface area contributed by atoms with Gasteiger partial charge in [0.1, 0.15) is 19.0 Å². The molecule has 8 heteroatoms. The van der Waals surface area contributed by atoms with E-state index in [2.05, 4.69) is 4.98 Å². The molecule has 0 radical (unpaired) electrons. The molecule has 1 amide bonds. The smallest absolute Gasteiger partial charge is 0.295 e. The molecule has 2 aliphatic rings. The number of halogens is 1. The van der Waals surface area contributed by atoms with E-state index < -0.39 is 17.7 Å². The van der Waals surface area contributed by atoms with Crippen molar-refractivity contribution in [2.24, 2.45) is 0 Å². The molecule has 0 bridgehead atoms. The Morgan fingerprint density at radius 3 is 2.55 bits per heavy atom. The fraction of sp³-hybridized carbons (Fsp3) is 0.160. The minimum absolute atomic E-state index is 0.00268. The van der Waals surface area contributed by atoms with Gasteiger partial charge in [-0.1, -0.05) is 29.8 Å². The standard InChI is InChI=1S/C25H19ClN2O5/c26-18-6-3-16(4-7-18)22-21(23(29)17-5-8-19-20(12-17)33-11-10-32-19)24(30)25(31)28(22)14-15-2-1-9-27-13-15/h1-9,12-13,22,29H,10-11,14H2/t22-/m1/s1. The van der Waals surface area contributed by atoms with E-state index in [1.54, 1.807) is 60.9 Å². The number of likely N-dealkylation sites (tertiary alicyclic amines) is 1. The minimum atomic E-state index is -0.796. The number of rotatable bonds is 4. The van der Waals surface area contributed by atoms with Gasteiger partial charge in [0.15, 0.2) is 11.5 Å². The molecule has 5 rings (SSSR count). The number of fused-ring (bicyclic) bond motifs is 1. The van der Waals surface area contributed by atoms with E-state index in [-0.39, 0.29) is 17.9 Å². The highest BCUT2D eigenvalue weighted by molar-refractivity contribution is 6.46. The van der Waals surface area contributed by atoms with Crippen molar-refractivity contribution in [2.75, 3.05) is 13.2 Å². The Morgan fingerprint density at radius 2 is 1.82 bits per heavy atom. The number of hydrogen-bond acceptors (Lipinski definition) is 6. The van der Waals surface area contributed by atoms with E-state index in [1.165, 1.54) is 4.90 Å². The zero-order valence-corrected chi connectivity index (χ0v) is 18.2. The third-order valence-electron chi connectivity index (χ3n) is 5.62. The zero-order valence-electron chi connectivity index (χ0n) is 17.4. The number of pyridine rings is 1. The van der Waals surface area contributed by atoms with Gasteiger partial charge in [0, 0.05) is 29.5 Å². The number of carbonyl (C=O) groups excluding carboxylic acids is 2. The average molecular weight is 463 g/mol. The van der Waals surface area contributed by atoms with E-state index in [1.807, 2.05) is 6.07 Å². The van der Waals surface area contributed by atoms with E-state index in [0.29, 0.717) is 40.9 Å². The fourth-order valence-electron chi connectivity index (χ4n) is 4.07. The van der Waals surface area contributed by atoms with Crippen molar-refractivity contribution in [3.05, 3.63) is 94.3 Å². The maximum Gasteiger partial charge on any atom is 0.295 e. The number of carbonyl (C=O) groups is 2. The molecule has 0 unspecified atom stereocenters. The second-order valence-electron chi connectivity index (χ2n) is 7.70. The molecule has 2 aliphatic heterocycles. The molecule has 0 saturated carbocycles. The summed E-state index contributed by atoms with van der Waals surface area (Å²) < 4.78 is 11.1. The predicted octanol–water partition coefficient (Wildman–Crippen LogP) is 4.13. The zero-order chi connectivity index (χ0) is 22.9. The van der Waals surface area contributed by atoms with E-state index in [9.17, 15) is 14.7 Å². The number of ketones is 1. The Kier molecular flexibility index (Phi) is 5.48. The van der Waals surface area contributed by atoms with Crippen LogP contribution in [0.3, 0.4) is 0 Å². The molecular formula is C25H19ClN2O5. The van der Waals surface area contributed by atoms with Gasteiger partial charge in [0.25, 0.3) is 11.7 Å². The second kappa shape index (κ2) is 8.60. The SMILES string of the molecule is O=C1C(=O)N(Cc2cccnc2)[C@H](c2ccc(Cl)cc2)C1=C(O)c1ccc2c(c1)OCCO2. The van der Waals surface area contributed by atoms with E-state index in [0.717, 1.165) is 5.56 Å². The van der Waals surface area contributed by atoms with Gasteiger partial charge in [-0.2, -0.15) is 0 Å². The van der Waals surface area contributed by atoms with Crippen molar-refractivity contribution in [1.82, 2.24) is 9.88 Å². The molecule has 1 N–H and O–H groups in total. The molecule has 0 spiro atoms. The van der Waals surface area contributed by atoms with Crippen LogP contribution in [-0.4, -0.2) is 39.9 Å². The summed E-state index contributed by atoms with van der Waals surface area (Å²) in [5, 5.41) is 11.7. The summed E-state index contributed by atoms with van der Waals surface area (Å²) in [6, 6.07) is 14.6. The number of amides is 1. The molecule has 7 nitrogen and oxygen atoms in total. The van der Waals surface area contributed by atoms with Crippen LogP contribution in [0.15, 0.2) is 72.6 Å². The number of aliphatic hydroxyl groups excluding tert-OH is 1. The Hall–Kier alpha value is -3.84. The van der Waals surface area contributed by atoms with Crippen LogP contribution in [0, 0.1) is 0 Å². The lowest BCUT2D eigenvalue weighted by Gasteiger charge is -2.25. The Morgan fingerprint density at radius 1 is 1.06 bits per heavy atom. The fourth-order valence-corrected chi connectivity index (χ4v) is 4.20. The molecule has 1 saturated heterocycles. The number of nitrogens with zero attached hydrogens (tertiary/aromatic N) is 2. The van der Waals surface area contributed by atoms with Gasteiger partial charge in [0.2, 0.25) is 0 Å². The van der Waals surface area contributed by atoms with Crippen LogP contribution in [0.2, 0.25) is 5.02 Å². The first-order valence-electron chi connectivity index (χ1n) is 10.4. The van der Waals surface area contributed by atoms with Crippen LogP contribution in [0.1, 0.15) is 22.7 Å². The topological polar surface area (TPSA) is 89.0 Å². The van der Waals surface area contributed by atoms with Crippen molar-refractivity contribution < 1.29 is 24.2 Å². The number of hydrogen-bond donors (Lipinski definition) is 1. The lowest BCUT2D eigenvalue weighted by molar-refractivity contribution is -0.140. The van der Waals surface area contributed by atoms with Gasteiger partial charge in [-0.05, 0) is 47.5 Å². The molecule has 3 aromatic rings. The summed E-state index contributed by atoms with van der Waals surface area (Å²) in [5.74, 6) is -0.704. The molecule has 1 atom stereocenters. The first kappa shape index (κ1) is 21.0. The normalized spacial score (nSPS) is 19.1. The maximum absolute atomic E-state index is 13.2. The summed E-state index contributed by atoms with van der Waals surface area (Å²) in [6.07, 6.45) is 3.27. The average Bonchev–Trinajstić information content (AvgIpc) is 3.09. The van der Waals surface area contributed by atoms with E-state index in [4.69, 9.17) is 21.1 Å². The Bertz CT molecular complexity index is 1260. The highest BCUT2D eigenvalue weighted by atomic mass is 35.5. The highest BCUT2D eigenvalue weighted by Gasteiger charge is 2.46. The number of aliphatic hydroxyl groups is 1. The van der Waals surface area contributed by atoms with Crippen LogP contribution in [0.5, 0.6) is 11.5 Å². The third-order valence-corrected chi connectivity index (χ3v) is 5.87. The van der Waals surface area contributed by atoms with Gasteiger partial charge in [-0.25, -0.2) is 0 Å². The third kappa shape index (κ3) is 3.91. The molecule has 0 aliphatic carbocycles. The molecular weight excluding hydrogens is 444 g/mol. The summed E-state index contributed by atoms with van der Waals surface area (Å²) in [7, 11) is 0. The Labute approximate surface area is 194 Å². The predicted molar refractivity (Wildman–Crippen MR) is 121 cm³/mol. The molecule has 1 fully saturated rings. The van der Waals surface area contributed by atoms with Crippen LogP contribution < -0.4 is 9.47 Å². The first-order chi connectivity index (χ1) is 16.0. The molecule has 166 valence electrons. The van der Waals surface area contributed by atoms with Crippen LogP contribution in [0.4, 0.5) is 0 Å². The highest BCUT2D eigenvalue weighted by Crippen LogP contribution is 2.42.